The topological polar surface area (TPSA) is 88.1 Å². The Morgan fingerprint density at radius 1 is 1.31 bits per heavy atom. The van der Waals surface area contributed by atoms with Crippen LogP contribution in [0.5, 0.6) is 5.75 Å². The molecule has 1 aliphatic heterocycles. The fraction of sp³-hybridized carbons (Fsp3) is 0.263. The van der Waals surface area contributed by atoms with E-state index in [1.165, 1.54) is 12.3 Å². The van der Waals surface area contributed by atoms with Crippen LogP contribution in [0.2, 0.25) is 5.02 Å². The molecule has 1 amide bonds. The summed E-state index contributed by atoms with van der Waals surface area (Å²) in [5.41, 5.74) is 3.32. The van der Waals surface area contributed by atoms with Crippen molar-refractivity contribution in [3.8, 4) is 5.75 Å². The second kappa shape index (κ2) is 9.51. The van der Waals surface area contributed by atoms with Gasteiger partial charge in [0, 0.05) is 11.5 Å². The van der Waals surface area contributed by atoms with Gasteiger partial charge in [-0.25, -0.2) is 13.8 Å². The zero-order valence-corrected chi connectivity index (χ0v) is 18.0. The first-order chi connectivity index (χ1) is 13.8. The summed E-state index contributed by atoms with van der Waals surface area (Å²) in [6.07, 6.45) is 2.72. The highest BCUT2D eigenvalue weighted by molar-refractivity contribution is 8.00. The molecular weight excluding hydrogens is 434 g/mol. The number of hydrazone groups is 1. The molecule has 0 spiro atoms. The van der Waals surface area contributed by atoms with E-state index >= 15 is 0 Å². The lowest BCUT2D eigenvalue weighted by Gasteiger charge is -2.25. The molecule has 0 radical (unpaired) electrons. The van der Waals surface area contributed by atoms with Crippen LogP contribution >= 0.6 is 23.4 Å². The number of rotatable bonds is 8. The molecule has 7 nitrogen and oxygen atoms in total. The van der Waals surface area contributed by atoms with Gasteiger partial charge in [-0.05, 0) is 29.8 Å². The molecule has 0 atom stereocenters. The molecule has 2 aromatic carbocycles. The number of amides is 1. The van der Waals surface area contributed by atoms with E-state index in [1.807, 2.05) is 36.0 Å². The second-order valence-electron chi connectivity index (χ2n) is 6.36. The maximum absolute atomic E-state index is 12.2. The number of carbonyl (C=O) groups is 1. The third kappa shape index (κ3) is 6.12. The van der Waals surface area contributed by atoms with E-state index in [9.17, 15) is 13.2 Å². The molecule has 3 rings (SSSR count). The highest BCUT2D eigenvalue weighted by atomic mass is 35.5. The molecule has 154 valence electrons. The summed E-state index contributed by atoms with van der Waals surface area (Å²) in [5.74, 6) is 2.12. The third-order valence-electron chi connectivity index (χ3n) is 3.98. The minimum absolute atomic E-state index is 0.231. The van der Waals surface area contributed by atoms with Gasteiger partial charge >= 0.3 is 0 Å². The van der Waals surface area contributed by atoms with Gasteiger partial charge < -0.3 is 4.74 Å². The van der Waals surface area contributed by atoms with Crippen molar-refractivity contribution >= 4 is 51.2 Å². The number of ether oxygens (including phenoxy) is 1. The highest BCUT2D eigenvalue weighted by Gasteiger charge is 2.22. The fourth-order valence-electron chi connectivity index (χ4n) is 2.52. The normalized spacial score (nSPS) is 14.4. The highest BCUT2D eigenvalue weighted by Crippen LogP contribution is 2.27. The molecule has 1 aliphatic rings. The molecule has 0 unspecified atom stereocenters. The second-order valence-corrected chi connectivity index (χ2v) is 9.75. The van der Waals surface area contributed by atoms with E-state index in [-0.39, 0.29) is 16.8 Å². The first-order valence-corrected chi connectivity index (χ1v) is 12.1. The lowest BCUT2D eigenvalue weighted by atomic mass is 10.2. The Morgan fingerprint density at radius 2 is 2.07 bits per heavy atom. The van der Waals surface area contributed by atoms with Gasteiger partial charge in [-0.3, -0.25) is 9.10 Å². The van der Waals surface area contributed by atoms with Crippen molar-refractivity contribution in [3.63, 3.8) is 0 Å². The number of benzene rings is 2. The van der Waals surface area contributed by atoms with Crippen molar-refractivity contribution in [3.05, 3.63) is 59.1 Å². The van der Waals surface area contributed by atoms with Crippen LogP contribution < -0.4 is 14.5 Å². The van der Waals surface area contributed by atoms with Gasteiger partial charge in [-0.1, -0.05) is 35.9 Å². The van der Waals surface area contributed by atoms with Crippen LogP contribution in [0.3, 0.4) is 0 Å². The van der Waals surface area contributed by atoms with Crippen molar-refractivity contribution in [1.82, 2.24) is 5.43 Å². The first-order valence-electron chi connectivity index (χ1n) is 8.71. The lowest BCUT2D eigenvalue weighted by Crippen LogP contribution is -2.39. The van der Waals surface area contributed by atoms with Gasteiger partial charge in [-0.15, -0.1) is 0 Å². The number of halogens is 1. The first kappa shape index (κ1) is 21.5. The Balaban J connectivity index is 1.62. The Hall–Kier alpha value is -2.23. The Labute approximate surface area is 179 Å². The molecule has 0 saturated carbocycles. The van der Waals surface area contributed by atoms with Crippen molar-refractivity contribution in [2.75, 3.05) is 28.6 Å². The molecule has 1 saturated heterocycles. The summed E-state index contributed by atoms with van der Waals surface area (Å²) >= 11 is 7.92. The molecule has 1 fully saturated rings. The SMILES string of the molecule is CS(=O)(=O)N(CC(=O)N/N=C\c1cccc(OC2CSC2)c1)c1ccccc1Cl. The van der Waals surface area contributed by atoms with Gasteiger partial charge in [0.25, 0.3) is 5.91 Å². The average molecular weight is 454 g/mol. The largest absolute Gasteiger partial charge is 0.489 e. The third-order valence-corrected chi connectivity index (χ3v) is 6.64. The van der Waals surface area contributed by atoms with Gasteiger partial charge in [0.15, 0.2) is 0 Å². The van der Waals surface area contributed by atoms with Crippen LogP contribution in [0.4, 0.5) is 5.69 Å². The quantitative estimate of drug-likeness (QED) is 0.490. The molecular formula is C19H20ClN3O4S2. The number of hydrogen-bond donors (Lipinski definition) is 1. The minimum atomic E-state index is -3.71. The summed E-state index contributed by atoms with van der Waals surface area (Å²) in [4.78, 5) is 12.2. The Morgan fingerprint density at radius 3 is 2.72 bits per heavy atom. The number of hydrogen-bond acceptors (Lipinski definition) is 6. The van der Waals surface area contributed by atoms with Crippen LogP contribution in [0.15, 0.2) is 53.6 Å². The summed E-state index contributed by atoms with van der Waals surface area (Å²) in [5, 5.41) is 4.14. The average Bonchev–Trinajstić information content (AvgIpc) is 2.63. The monoisotopic (exact) mass is 453 g/mol. The number of thioether (sulfide) groups is 1. The molecule has 0 aromatic heterocycles. The van der Waals surface area contributed by atoms with Crippen molar-refractivity contribution in [1.29, 1.82) is 0 Å². The number of nitrogens with zero attached hydrogens (tertiary/aromatic N) is 2. The van der Waals surface area contributed by atoms with E-state index in [4.69, 9.17) is 16.3 Å². The summed E-state index contributed by atoms with van der Waals surface area (Å²) in [6.45, 7) is -0.442. The molecule has 29 heavy (non-hydrogen) atoms. The minimum Gasteiger partial charge on any atom is -0.489 e. The van der Waals surface area contributed by atoms with Crippen LogP contribution in [0.1, 0.15) is 5.56 Å². The number of carbonyl (C=O) groups excluding carboxylic acids is 1. The molecule has 0 bridgehead atoms. The van der Waals surface area contributed by atoms with E-state index < -0.39 is 22.5 Å². The number of sulfonamides is 1. The maximum atomic E-state index is 12.2. The number of para-hydroxylation sites is 1. The van der Waals surface area contributed by atoms with Crippen molar-refractivity contribution in [2.45, 2.75) is 6.10 Å². The van der Waals surface area contributed by atoms with E-state index in [0.717, 1.165) is 33.4 Å². The summed E-state index contributed by atoms with van der Waals surface area (Å²) in [6, 6.07) is 13.8. The van der Waals surface area contributed by atoms with Gasteiger partial charge in [-0.2, -0.15) is 16.9 Å². The zero-order valence-electron chi connectivity index (χ0n) is 15.6. The summed E-state index contributed by atoms with van der Waals surface area (Å²) in [7, 11) is -3.71. The van der Waals surface area contributed by atoms with Crippen LogP contribution in [0.25, 0.3) is 0 Å². The number of nitrogens with one attached hydrogen (secondary N) is 1. The van der Waals surface area contributed by atoms with Crippen LogP contribution in [-0.2, 0) is 14.8 Å². The molecule has 1 N–H and O–H groups in total. The van der Waals surface area contributed by atoms with Gasteiger partial charge in [0.1, 0.15) is 18.4 Å². The van der Waals surface area contributed by atoms with E-state index in [2.05, 4.69) is 10.5 Å². The molecule has 1 heterocycles. The predicted molar refractivity (Wildman–Crippen MR) is 118 cm³/mol. The fourth-order valence-corrected chi connectivity index (χ4v) is 4.24. The van der Waals surface area contributed by atoms with Crippen LogP contribution in [0, 0.1) is 0 Å². The smallest absolute Gasteiger partial charge is 0.260 e. The molecule has 0 aliphatic carbocycles. The number of anilines is 1. The van der Waals surface area contributed by atoms with Crippen molar-refractivity contribution < 1.29 is 17.9 Å². The predicted octanol–water partition coefficient (Wildman–Crippen LogP) is 2.75. The van der Waals surface area contributed by atoms with Gasteiger partial charge in [0.05, 0.1) is 23.2 Å². The lowest BCUT2D eigenvalue weighted by molar-refractivity contribution is -0.119. The van der Waals surface area contributed by atoms with Gasteiger partial charge in [0.2, 0.25) is 10.0 Å². The molecule has 2 aromatic rings. The van der Waals surface area contributed by atoms with E-state index in [0.29, 0.717) is 0 Å². The summed E-state index contributed by atoms with van der Waals surface area (Å²) < 4.78 is 31.0. The zero-order chi connectivity index (χ0) is 20.9. The van der Waals surface area contributed by atoms with E-state index in [1.54, 1.807) is 18.2 Å². The Kier molecular flexibility index (Phi) is 7.05. The van der Waals surface area contributed by atoms with Crippen LogP contribution in [-0.4, -0.2) is 50.9 Å². The maximum Gasteiger partial charge on any atom is 0.260 e. The standard InChI is InChI=1S/C19H20ClN3O4S2/c1-29(25,26)23(18-8-3-2-7-17(18)20)11-19(24)22-21-10-14-5-4-6-15(9-14)27-16-12-28-13-16/h2-10,16H,11-13H2,1H3,(H,22,24)/b21-10-. The Bertz CT molecular complexity index is 1010. The molecule has 10 heteroatoms. The van der Waals surface area contributed by atoms with Crippen molar-refractivity contribution in [2.24, 2.45) is 5.10 Å².